The number of carboxylic acids is 4. The van der Waals surface area contributed by atoms with Gasteiger partial charge in [-0.3, -0.25) is 77.1 Å². The number of aliphatic hydroxyl groups excluding tert-OH is 3. The van der Waals surface area contributed by atoms with Gasteiger partial charge in [-0.25, -0.2) is 0 Å². The van der Waals surface area contributed by atoms with E-state index < -0.39 is 158 Å². The van der Waals surface area contributed by atoms with Crippen LogP contribution in [0.4, 0.5) is 0 Å². The molecule has 0 spiro atoms. The number of aromatic nitrogens is 1. The number of aromatic hydroxyl groups is 1. The number of aliphatic carboxylic acids is 4. The van der Waals surface area contributed by atoms with Crippen LogP contribution in [0.25, 0.3) is 10.9 Å². The van der Waals surface area contributed by atoms with Gasteiger partial charge in [0, 0.05) is 107 Å². The molecule has 10 atom stereocenters. The minimum Gasteiger partial charge on any atom is -0.508 e. The van der Waals surface area contributed by atoms with Gasteiger partial charge >= 0.3 is 17.9 Å². The Labute approximate surface area is 602 Å². The zero-order chi connectivity index (χ0) is 75.7. The monoisotopic (exact) mass is 1480 g/mol. The number of unbranched alkanes of at least 4 members (excludes halogenated alkanes) is 1. The lowest BCUT2D eigenvalue weighted by atomic mass is 10.0. The Hall–Kier alpha value is -8.98. The zero-order valence-electron chi connectivity index (χ0n) is 57.6. The standard InChI is InChI=1S/C65H92N14O18S2.C2H4O2/c1-39(81)51(36-80)72-64(96)53-38-99-98-37-52(73-60(92)48(28-41-10-4-3-5-11-41)68-54(84)32-76-20-22-77(33-55(85)86)24-26-79(35-57(89)90)27-25-78(23-21-76)34-56(87)88)63(95)70-49(29-42-15-17-44(83)18-16-42)61(93)71-50(30-43-31-67-46-13-7-6-12-45(43)46)62(94)69-47(14-8-9-19-66)59(91)75-58(40(2)82)65(97)74-53;1-2(3)4/h3-7,10-13,15-18,31,39-40,47-53,58,67,80-83H,8-9,14,19-30,32-38,66H2,1-2H3,(H,68,84)(H,69,94)(H,70,95)(H,71,93)(H,72,96)(H,73,92)(H,74,97)(H,75,91)(H,85,86)(H,87,88)(H,89,90);1H3,(H,3,4)/t39-,40-,47?,48-,49+,50-,51-,52?,53+,58?;/m1./s1. The highest BCUT2D eigenvalue weighted by atomic mass is 33.1. The van der Waals surface area contributed by atoms with Crippen molar-refractivity contribution in [1.82, 2.24) is 67.1 Å². The van der Waals surface area contributed by atoms with Crippen molar-refractivity contribution < 1.29 is 98.4 Å². The van der Waals surface area contributed by atoms with E-state index in [4.69, 9.17) is 15.6 Å². The van der Waals surface area contributed by atoms with Gasteiger partial charge in [0.15, 0.2) is 0 Å². The van der Waals surface area contributed by atoms with Crippen LogP contribution in [0.5, 0.6) is 5.75 Å². The first-order valence-corrected chi connectivity index (χ1v) is 36.0. The molecule has 6 rings (SSSR count). The van der Waals surface area contributed by atoms with Crippen LogP contribution >= 0.6 is 21.6 Å². The van der Waals surface area contributed by atoms with Crippen LogP contribution in [-0.2, 0) is 76.8 Å². The van der Waals surface area contributed by atoms with E-state index in [1.165, 1.54) is 38.1 Å². The Bertz CT molecular complexity index is 3430. The smallest absolute Gasteiger partial charge is 0.317 e. The molecule has 0 aliphatic carbocycles. The number of carbonyl (C=O) groups excluding carboxylic acids is 8. The predicted molar refractivity (Wildman–Crippen MR) is 380 cm³/mol. The third kappa shape index (κ3) is 30.5. The molecule has 34 nitrogen and oxygen atoms in total. The van der Waals surface area contributed by atoms with Crippen molar-refractivity contribution in [3.05, 3.63) is 102 Å². The van der Waals surface area contributed by atoms with E-state index >= 15 is 14.4 Å². The van der Waals surface area contributed by atoms with Gasteiger partial charge in [-0.2, -0.15) is 0 Å². The van der Waals surface area contributed by atoms with Crippen molar-refractivity contribution in [3.63, 3.8) is 0 Å². The first-order valence-electron chi connectivity index (χ1n) is 33.5. The summed E-state index contributed by atoms with van der Waals surface area (Å²) in [6.45, 7) is 2.16. The van der Waals surface area contributed by atoms with E-state index in [0.29, 0.717) is 34.0 Å². The summed E-state index contributed by atoms with van der Waals surface area (Å²) >= 11 is 0. The highest BCUT2D eigenvalue weighted by Gasteiger charge is 2.37. The SMILES string of the molecule is CC(=O)O.C[C@@H](O)C1NC(=O)C(CCCCN)NC(=O)[C@@H](Cc2c[nH]c3ccccc23)NC(=O)[C@H](Cc2ccc(O)cc2)NC(=O)C(NC(=O)[C@@H](Cc2ccccc2)NC(=O)CN2CCN(CC(=O)O)CCN(CC(=O)O)CCN(CC(=O)O)CC2)CSSC[C@@H](C(=O)N[C@H](CO)[C@@H](C)O)NC1=O. The molecular weight excluding hydrogens is 1380 g/mol. The van der Waals surface area contributed by atoms with Crippen molar-refractivity contribution in [1.29, 1.82) is 0 Å². The van der Waals surface area contributed by atoms with Crippen molar-refractivity contribution in [2.24, 2.45) is 5.73 Å². The maximum atomic E-state index is 15.3. The van der Waals surface area contributed by atoms with E-state index in [1.807, 2.05) is 0 Å². The second-order valence-electron chi connectivity index (χ2n) is 25.0. The summed E-state index contributed by atoms with van der Waals surface area (Å²) in [5.74, 6) is -12.5. The number of carbonyl (C=O) groups is 12. The molecule has 0 bridgehead atoms. The highest BCUT2D eigenvalue weighted by molar-refractivity contribution is 8.76. The van der Waals surface area contributed by atoms with Crippen LogP contribution in [-0.4, -0.2) is 300 Å². The summed E-state index contributed by atoms with van der Waals surface area (Å²) < 4.78 is 0. The maximum absolute atomic E-state index is 15.3. The van der Waals surface area contributed by atoms with Gasteiger partial charge in [-0.15, -0.1) is 0 Å². The summed E-state index contributed by atoms with van der Waals surface area (Å²) in [5.41, 5.74) is 8.05. The molecule has 8 amide bonds. The normalized spacial score (nSPS) is 21.4. The molecular formula is C67H96N14O20S2. The van der Waals surface area contributed by atoms with Gasteiger partial charge in [0.1, 0.15) is 48.0 Å². The van der Waals surface area contributed by atoms with E-state index in [9.17, 15) is 74.1 Å². The van der Waals surface area contributed by atoms with E-state index in [0.717, 1.165) is 28.5 Å². The number of nitrogens with one attached hydrogen (secondary N) is 9. The number of aromatic amines is 1. The molecule has 1 aromatic heterocycles. The van der Waals surface area contributed by atoms with Crippen molar-refractivity contribution in [3.8, 4) is 5.75 Å². The van der Waals surface area contributed by atoms with Crippen LogP contribution in [0.3, 0.4) is 0 Å². The summed E-state index contributed by atoms with van der Waals surface area (Å²) in [4.78, 5) is 172. The molecule has 0 radical (unpaired) electrons. The van der Waals surface area contributed by atoms with Gasteiger partial charge < -0.3 is 94.1 Å². The number of aliphatic hydroxyl groups is 3. The van der Waals surface area contributed by atoms with Gasteiger partial charge in [0.2, 0.25) is 47.3 Å². The number of phenolic OH excluding ortho intramolecular Hbond substituents is 1. The van der Waals surface area contributed by atoms with E-state index in [1.54, 1.807) is 80.4 Å². The van der Waals surface area contributed by atoms with Gasteiger partial charge in [0.05, 0.1) is 51.0 Å². The van der Waals surface area contributed by atoms with Gasteiger partial charge in [-0.05, 0) is 74.5 Å². The number of nitrogens with two attached hydrogens (primary N) is 1. The number of rotatable bonds is 26. The number of benzene rings is 3. The molecule has 566 valence electrons. The topological polar surface area (TPSA) is 518 Å². The molecule has 36 heteroatoms. The van der Waals surface area contributed by atoms with E-state index in [2.05, 4.69) is 47.5 Å². The number of carboxylic acid groups (broad SMARTS) is 4. The number of hydrogen-bond acceptors (Lipinski definition) is 23. The summed E-state index contributed by atoms with van der Waals surface area (Å²) in [5, 5.41) is 101. The summed E-state index contributed by atoms with van der Waals surface area (Å²) in [7, 11) is 1.81. The molecule has 3 unspecified atom stereocenters. The van der Waals surface area contributed by atoms with Crippen molar-refractivity contribution >= 4 is 104 Å². The number of hydrogen-bond donors (Lipinski definition) is 18. The molecule has 3 heterocycles. The molecule has 4 aromatic rings. The average Bonchev–Trinajstić information content (AvgIpc) is 1.67. The molecule has 0 saturated carbocycles. The Morgan fingerprint density at radius 2 is 1.10 bits per heavy atom. The maximum Gasteiger partial charge on any atom is 0.317 e. The highest BCUT2D eigenvalue weighted by Crippen LogP contribution is 2.25. The third-order valence-electron chi connectivity index (χ3n) is 16.6. The van der Waals surface area contributed by atoms with Gasteiger partial charge in [0.25, 0.3) is 5.97 Å². The van der Waals surface area contributed by atoms with Crippen LogP contribution in [0, 0.1) is 0 Å². The molecule has 19 N–H and O–H groups in total. The number of fused-ring (bicyclic) bond motifs is 1. The number of amides is 8. The first-order chi connectivity index (χ1) is 49.0. The Balaban J connectivity index is 0.00000464. The average molecular weight is 1480 g/mol. The fraction of sp³-hybridized carbons (Fsp3) is 0.522. The Kier molecular flexibility index (Phi) is 36.1. The molecule has 103 heavy (non-hydrogen) atoms. The fourth-order valence-electron chi connectivity index (χ4n) is 11.1. The van der Waals surface area contributed by atoms with Crippen LogP contribution in [0.15, 0.2) is 85.1 Å². The zero-order valence-corrected chi connectivity index (χ0v) is 59.2. The number of H-pyrrole nitrogens is 1. The molecule has 2 aliphatic heterocycles. The lowest BCUT2D eigenvalue weighted by molar-refractivity contribution is -0.140. The first kappa shape index (κ1) is 84.7. The van der Waals surface area contributed by atoms with E-state index in [-0.39, 0.29) is 115 Å². The van der Waals surface area contributed by atoms with Crippen LogP contribution < -0.4 is 48.3 Å². The molecule has 2 saturated heterocycles. The molecule has 2 aliphatic rings. The Morgan fingerprint density at radius 3 is 1.63 bits per heavy atom. The second kappa shape index (κ2) is 43.9. The number of phenols is 1. The largest absolute Gasteiger partial charge is 0.508 e. The van der Waals surface area contributed by atoms with Crippen molar-refractivity contribution in [2.45, 2.75) is 120 Å². The lowest BCUT2D eigenvalue weighted by Gasteiger charge is -2.33. The lowest BCUT2D eigenvalue weighted by Crippen LogP contribution is -2.62. The van der Waals surface area contributed by atoms with Gasteiger partial charge in [-0.1, -0.05) is 82.3 Å². The fourth-order valence-corrected chi connectivity index (χ4v) is 13.4. The predicted octanol–water partition coefficient (Wildman–Crippen LogP) is -3.38. The molecule has 3 aromatic carbocycles. The summed E-state index contributed by atoms with van der Waals surface area (Å²) in [6, 6.07) is 9.21. The number of para-hydroxylation sites is 1. The third-order valence-corrected chi connectivity index (χ3v) is 19.0. The minimum atomic E-state index is -1.77. The molecule has 2 fully saturated rings. The summed E-state index contributed by atoms with van der Waals surface area (Å²) in [6.07, 6.45) is -1.31. The van der Waals surface area contributed by atoms with Crippen molar-refractivity contribution in [2.75, 3.05) is 103 Å². The quantitative estimate of drug-likeness (QED) is 0.0215. The second-order valence-corrected chi connectivity index (χ2v) is 27.5. The van der Waals surface area contributed by atoms with Crippen LogP contribution in [0.1, 0.15) is 56.7 Å². The van der Waals surface area contributed by atoms with Crippen LogP contribution in [0.2, 0.25) is 0 Å². The minimum absolute atomic E-state index is 0.0540. The Morgan fingerprint density at radius 1 is 0.592 bits per heavy atom. The number of nitrogens with zero attached hydrogens (tertiary/aromatic N) is 4.